The van der Waals surface area contributed by atoms with Crippen LogP contribution in [0.1, 0.15) is 49.2 Å². The van der Waals surface area contributed by atoms with E-state index in [1.54, 1.807) is 11.3 Å². The van der Waals surface area contributed by atoms with E-state index in [-0.39, 0.29) is 0 Å². The Kier molecular flexibility index (Phi) is 5.37. The van der Waals surface area contributed by atoms with E-state index in [1.807, 2.05) is 0 Å². The molecule has 21 heavy (non-hydrogen) atoms. The molecular weight excluding hydrogens is 278 g/mol. The van der Waals surface area contributed by atoms with E-state index >= 15 is 0 Å². The number of benzene rings is 1. The average Bonchev–Trinajstić information content (AvgIpc) is 2.97. The number of thiazole rings is 1. The van der Waals surface area contributed by atoms with Crippen LogP contribution in [0.3, 0.4) is 0 Å². The Morgan fingerprint density at radius 3 is 2.43 bits per heavy atom. The number of hydrogen-bond donors (Lipinski definition) is 1. The number of anilines is 2. The number of nitrogens with zero attached hydrogens (tertiary/aromatic N) is 2. The highest BCUT2D eigenvalue weighted by molar-refractivity contribution is 7.15. The van der Waals surface area contributed by atoms with Crippen molar-refractivity contribution in [2.75, 3.05) is 11.9 Å². The topological polar surface area (TPSA) is 42.2 Å². The standard InChI is InChI=1S/C17H25N3S/c1-5-12(3)16-15(11-18)21-17(19-16)20(4)14-9-7-13(6-2)8-10-14/h7-10,12H,5-6,11,18H2,1-4H3. The van der Waals surface area contributed by atoms with Crippen LogP contribution in [0.25, 0.3) is 0 Å². The molecule has 1 aromatic heterocycles. The van der Waals surface area contributed by atoms with Crippen LogP contribution in [0.2, 0.25) is 0 Å². The highest BCUT2D eigenvalue weighted by Crippen LogP contribution is 2.34. The van der Waals surface area contributed by atoms with Gasteiger partial charge in [-0.3, -0.25) is 0 Å². The second-order valence-electron chi connectivity index (χ2n) is 5.40. The van der Waals surface area contributed by atoms with Gasteiger partial charge in [0.15, 0.2) is 5.13 Å². The lowest BCUT2D eigenvalue weighted by Crippen LogP contribution is -2.09. The molecular formula is C17H25N3S. The molecule has 0 fully saturated rings. The predicted octanol–water partition coefficient (Wildman–Crippen LogP) is 4.45. The summed E-state index contributed by atoms with van der Waals surface area (Å²) < 4.78 is 0. The van der Waals surface area contributed by atoms with Crippen LogP contribution in [0, 0.1) is 0 Å². The van der Waals surface area contributed by atoms with Crippen LogP contribution < -0.4 is 10.6 Å². The van der Waals surface area contributed by atoms with Gasteiger partial charge in [0.25, 0.3) is 0 Å². The Morgan fingerprint density at radius 1 is 1.24 bits per heavy atom. The average molecular weight is 303 g/mol. The van der Waals surface area contributed by atoms with Crippen molar-refractivity contribution >= 4 is 22.2 Å². The molecule has 2 aromatic rings. The van der Waals surface area contributed by atoms with Crippen LogP contribution >= 0.6 is 11.3 Å². The largest absolute Gasteiger partial charge is 0.326 e. The van der Waals surface area contributed by atoms with E-state index in [4.69, 9.17) is 10.7 Å². The summed E-state index contributed by atoms with van der Waals surface area (Å²) in [5.41, 5.74) is 9.57. The summed E-state index contributed by atoms with van der Waals surface area (Å²) in [7, 11) is 2.07. The quantitative estimate of drug-likeness (QED) is 0.857. The maximum Gasteiger partial charge on any atom is 0.190 e. The van der Waals surface area contributed by atoms with Crippen molar-refractivity contribution in [2.24, 2.45) is 5.73 Å². The van der Waals surface area contributed by atoms with Crippen molar-refractivity contribution in [1.29, 1.82) is 0 Å². The molecule has 0 bridgehead atoms. The lowest BCUT2D eigenvalue weighted by Gasteiger charge is -2.16. The van der Waals surface area contributed by atoms with Gasteiger partial charge in [0.1, 0.15) is 0 Å². The maximum atomic E-state index is 5.89. The highest BCUT2D eigenvalue weighted by atomic mass is 32.1. The van der Waals surface area contributed by atoms with Gasteiger partial charge in [-0.15, -0.1) is 0 Å². The fraction of sp³-hybridized carbons (Fsp3) is 0.471. The predicted molar refractivity (Wildman–Crippen MR) is 92.6 cm³/mol. The van der Waals surface area contributed by atoms with Crippen molar-refractivity contribution in [2.45, 2.75) is 46.1 Å². The molecule has 0 amide bonds. The van der Waals surface area contributed by atoms with Gasteiger partial charge in [0.05, 0.1) is 5.69 Å². The van der Waals surface area contributed by atoms with Gasteiger partial charge in [-0.2, -0.15) is 0 Å². The second kappa shape index (κ2) is 7.05. The summed E-state index contributed by atoms with van der Waals surface area (Å²) >= 11 is 1.71. The van der Waals surface area contributed by atoms with Gasteiger partial charge in [0, 0.05) is 24.2 Å². The molecule has 0 aliphatic carbocycles. The molecule has 3 nitrogen and oxygen atoms in total. The summed E-state index contributed by atoms with van der Waals surface area (Å²) in [6.07, 6.45) is 2.15. The van der Waals surface area contributed by atoms with Gasteiger partial charge < -0.3 is 10.6 Å². The fourth-order valence-electron chi connectivity index (χ4n) is 2.28. The fourth-order valence-corrected chi connectivity index (χ4v) is 3.33. The molecule has 2 N–H and O–H groups in total. The molecule has 114 valence electrons. The minimum atomic E-state index is 0.462. The van der Waals surface area contributed by atoms with Gasteiger partial charge in [-0.1, -0.05) is 44.2 Å². The van der Waals surface area contributed by atoms with Crippen LogP contribution in [0.5, 0.6) is 0 Å². The molecule has 1 unspecified atom stereocenters. The normalized spacial score (nSPS) is 12.4. The molecule has 0 aliphatic rings. The molecule has 1 heterocycles. The van der Waals surface area contributed by atoms with Crippen LogP contribution in [-0.2, 0) is 13.0 Å². The van der Waals surface area contributed by atoms with Crippen molar-refractivity contribution in [3.8, 4) is 0 Å². The number of aryl methyl sites for hydroxylation is 1. The van der Waals surface area contributed by atoms with Gasteiger partial charge in [-0.05, 0) is 36.5 Å². The summed E-state index contributed by atoms with van der Waals surface area (Å²) in [4.78, 5) is 8.19. The van der Waals surface area contributed by atoms with E-state index in [9.17, 15) is 0 Å². The minimum Gasteiger partial charge on any atom is -0.326 e. The van der Waals surface area contributed by atoms with Crippen molar-refractivity contribution in [3.05, 3.63) is 40.4 Å². The Bertz CT molecular complexity index is 574. The van der Waals surface area contributed by atoms with Crippen LogP contribution in [0.4, 0.5) is 10.8 Å². The molecule has 0 saturated heterocycles. The summed E-state index contributed by atoms with van der Waals surface area (Å²) in [5.74, 6) is 0.462. The monoisotopic (exact) mass is 303 g/mol. The third kappa shape index (κ3) is 3.44. The first kappa shape index (κ1) is 16.0. The Hall–Kier alpha value is -1.39. The molecule has 0 saturated carbocycles. The van der Waals surface area contributed by atoms with E-state index in [0.717, 1.165) is 23.7 Å². The van der Waals surface area contributed by atoms with E-state index in [0.29, 0.717) is 12.5 Å². The Labute approximate surface area is 131 Å². The zero-order chi connectivity index (χ0) is 15.4. The molecule has 1 aromatic carbocycles. The molecule has 0 aliphatic heterocycles. The zero-order valence-electron chi connectivity index (χ0n) is 13.4. The third-order valence-electron chi connectivity index (χ3n) is 4.00. The lowest BCUT2D eigenvalue weighted by molar-refractivity contribution is 0.703. The first-order valence-corrected chi connectivity index (χ1v) is 8.44. The van der Waals surface area contributed by atoms with Crippen molar-refractivity contribution in [1.82, 2.24) is 4.98 Å². The zero-order valence-corrected chi connectivity index (χ0v) is 14.2. The minimum absolute atomic E-state index is 0.462. The van der Waals surface area contributed by atoms with Crippen molar-refractivity contribution in [3.63, 3.8) is 0 Å². The first-order valence-electron chi connectivity index (χ1n) is 7.63. The van der Waals surface area contributed by atoms with Gasteiger partial charge in [-0.25, -0.2) is 4.98 Å². The number of hydrogen-bond acceptors (Lipinski definition) is 4. The molecule has 2 rings (SSSR count). The number of aromatic nitrogens is 1. The lowest BCUT2D eigenvalue weighted by atomic mass is 10.0. The second-order valence-corrected chi connectivity index (χ2v) is 6.46. The van der Waals surface area contributed by atoms with E-state index in [2.05, 4.69) is 57.0 Å². The third-order valence-corrected chi connectivity index (χ3v) is 5.17. The smallest absolute Gasteiger partial charge is 0.190 e. The van der Waals surface area contributed by atoms with Gasteiger partial charge >= 0.3 is 0 Å². The van der Waals surface area contributed by atoms with Crippen LogP contribution in [-0.4, -0.2) is 12.0 Å². The van der Waals surface area contributed by atoms with Crippen molar-refractivity contribution < 1.29 is 0 Å². The summed E-state index contributed by atoms with van der Waals surface area (Å²) in [6, 6.07) is 8.67. The molecule has 0 radical (unpaired) electrons. The molecule has 0 spiro atoms. The highest BCUT2D eigenvalue weighted by Gasteiger charge is 2.17. The van der Waals surface area contributed by atoms with Crippen LogP contribution in [0.15, 0.2) is 24.3 Å². The van der Waals surface area contributed by atoms with E-state index < -0.39 is 0 Å². The Balaban J connectivity index is 2.29. The Morgan fingerprint density at radius 2 is 1.90 bits per heavy atom. The molecule has 4 heteroatoms. The van der Waals surface area contributed by atoms with Gasteiger partial charge in [0.2, 0.25) is 0 Å². The first-order chi connectivity index (χ1) is 10.1. The maximum absolute atomic E-state index is 5.89. The number of rotatable bonds is 6. The summed E-state index contributed by atoms with van der Waals surface area (Å²) in [6.45, 7) is 7.15. The van der Waals surface area contributed by atoms with E-state index in [1.165, 1.54) is 16.1 Å². The number of nitrogens with two attached hydrogens (primary N) is 1. The molecule has 1 atom stereocenters. The summed E-state index contributed by atoms with van der Waals surface area (Å²) in [5, 5.41) is 1.02. The SMILES string of the molecule is CCc1ccc(N(C)c2nc(C(C)CC)c(CN)s2)cc1.